The summed E-state index contributed by atoms with van der Waals surface area (Å²) in [6.45, 7) is 13.5. The van der Waals surface area contributed by atoms with Crippen molar-refractivity contribution < 1.29 is 9.53 Å². The number of amides is 1. The number of rotatable bonds is 4. The Bertz CT molecular complexity index is 1780. The first-order valence-corrected chi connectivity index (χ1v) is 13.8. The topological polar surface area (TPSA) is 119 Å². The van der Waals surface area contributed by atoms with Crippen LogP contribution in [0, 0.1) is 6.92 Å². The quantitative estimate of drug-likeness (QED) is 0.299. The fraction of sp³-hybridized carbons (Fsp3) is 0.323. The Labute approximate surface area is 238 Å². The second-order valence-electron chi connectivity index (χ2n) is 11.0. The van der Waals surface area contributed by atoms with Crippen LogP contribution in [0.5, 0.6) is 5.75 Å². The Morgan fingerprint density at radius 2 is 2.02 bits per heavy atom. The van der Waals surface area contributed by atoms with Gasteiger partial charge < -0.3 is 20.3 Å². The molecule has 3 aromatic heterocycles. The first-order chi connectivity index (χ1) is 19.7. The Kier molecular flexibility index (Phi) is 6.48. The zero-order chi connectivity index (χ0) is 29.0. The number of hydrogen-bond donors (Lipinski definition) is 1. The molecule has 1 atom stereocenters. The van der Waals surface area contributed by atoms with Crippen molar-refractivity contribution in [1.82, 2.24) is 24.4 Å². The standard InChI is InChI=1S/C31H33N7O3/c1-6-24(39)36-12-13-37(19(5)15-36)29-21-14-23-27(25-20(16-41-23)8-7-9-22(25)32)34-30(21)38(31(40)35-29)28-18(4)10-11-33-26(28)17(2)3/h6-11,14,17,19H,1,12-13,15-16,32H2,2-5H3/t19-/m0/s1. The maximum Gasteiger partial charge on any atom is 0.355 e. The Morgan fingerprint density at radius 1 is 1.22 bits per heavy atom. The van der Waals surface area contributed by atoms with Crippen molar-refractivity contribution in [2.75, 3.05) is 30.3 Å². The highest BCUT2D eigenvalue weighted by Gasteiger charge is 2.31. The smallest absolute Gasteiger partial charge is 0.355 e. The third-order valence-electron chi connectivity index (χ3n) is 7.93. The van der Waals surface area contributed by atoms with Crippen LogP contribution in [0.2, 0.25) is 0 Å². The van der Waals surface area contributed by atoms with Gasteiger partial charge in [0.15, 0.2) is 5.65 Å². The van der Waals surface area contributed by atoms with Crippen LogP contribution >= 0.6 is 0 Å². The normalized spacial score (nSPS) is 16.4. The lowest BCUT2D eigenvalue weighted by Crippen LogP contribution is -2.54. The minimum atomic E-state index is -0.451. The molecule has 0 saturated carbocycles. The molecular formula is C31H33N7O3. The fourth-order valence-electron chi connectivity index (χ4n) is 5.89. The molecule has 0 radical (unpaired) electrons. The van der Waals surface area contributed by atoms with Crippen LogP contribution in [0.1, 0.15) is 43.5 Å². The first kappa shape index (κ1) is 26.5. The molecular weight excluding hydrogens is 518 g/mol. The molecule has 1 aromatic carbocycles. The Morgan fingerprint density at radius 3 is 2.76 bits per heavy atom. The molecule has 0 spiro atoms. The van der Waals surface area contributed by atoms with Crippen molar-refractivity contribution in [1.29, 1.82) is 0 Å². The van der Waals surface area contributed by atoms with Gasteiger partial charge in [0, 0.05) is 48.7 Å². The van der Waals surface area contributed by atoms with Gasteiger partial charge in [-0.05, 0) is 49.6 Å². The number of anilines is 2. The lowest BCUT2D eigenvalue weighted by Gasteiger charge is -2.40. The molecule has 41 heavy (non-hydrogen) atoms. The highest BCUT2D eigenvalue weighted by Crippen LogP contribution is 2.42. The van der Waals surface area contributed by atoms with E-state index in [1.54, 1.807) is 15.7 Å². The summed E-state index contributed by atoms with van der Waals surface area (Å²) < 4.78 is 7.75. The summed E-state index contributed by atoms with van der Waals surface area (Å²) in [6, 6.07) is 9.42. The van der Waals surface area contributed by atoms with E-state index in [-0.39, 0.29) is 17.9 Å². The minimum absolute atomic E-state index is 0.0550. The van der Waals surface area contributed by atoms with Gasteiger partial charge in [-0.15, -0.1) is 0 Å². The maximum absolute atomic E-state index is 14.1. The van der Waals surface area contributed by atoms with E-state index in [9.17, 15) is 9.59 Å². The van der Waals surface area contributed by atoms with Gasteiger partial charge >= 0.3 is 5.69 Å². The number of fused-ring (bicyclic) bond motifs is 4. The minimum Gasteiger partial charge on any atom is -0.487 e. The summed E-state index contributed by atoms with van der Waals surface area (Å²) in [5.41, 5.74) is 11.7. The third kappa shape index (κ3) is 4.30. The average Bonchev–Trinajstić information content (AvgIpc) is 2.95. The van der Waals surface area contributed by atoms with Crippen LogP contribution in [0.4, 0.5) is 11.5 Å². The largest absolute Gasteiger partial charge is 0.487 e. The van der Waals surface area contributed by atoms with Crippen LogP contribution in [0.3, 0.4) is 0 Å². The van der Waals surface area contributed by atoms with Crippen LogP contribution in [0.25, 0.3) is 28.0 Å². The molecule has 0 bridgehead atoms. The van der Waals surface area contributed by atoms with E-state index < -0.39 is 5.69 Å². The van der Waals surface area contributed by atoms with Crippen LogP contribution in [-0.2, 0) is 11.4 Å². The lowest BCUT2D eigenvalue weighted by atomic mass is 9.99. The fourth-order valence-corrected chi connectivity index (χ4v) is 5.89. The van der Waals surface area contributed by atoms with E-state index in [0.29, 0.717) is 65.9 Å². The van der Waals surface area contributed by atoms with E-state index in [1.807, 2.05) is 58.0 Å². The van der Waals surface area contributed by atoms with Crippen molar-refractivity contribution in [3.05, 3.63) is 76.5 Å². The van der Waals surface area contributed by atoms with Gasteiger partial charge in [-0.1, -0.05) is 32.6 Å². The molecule has 1 amide bonds. The number of nitrogens with zero attached hydrogens (tertiary/aromatic N) is 6. The van der Waals surface area contributed by atoms with Gasteiger partial charge in [-0.2, -0.15) is 4.98 Å². The number of hydrogen-bond acceptors (Lipinski definition) is 8. The van der Waals surface area contributed by atoms with E-state index in [2.05, 4.69) is 21.4 Å². The maximum atomic E-state index is 14.1. The predicted molar refractivity (Wildman–Crippen MR) is 160 cm³/mol. The van der Waals surface area contributed by atoms with Gasteiger partial charge in [0.25, 0.3) is 0 Å². The number of nitrogen functional groups attached to an aromatic ring is 1. The summed E-state index contributed by atoms with van der Waals surface area (Å²) in [7, 11) is 0. The van der Waals surface area contributed by atoms with Gasteiger partial charge in [0.1, 0.15) is 23.9 Å². The number of piperazine rings is 1. The lowest BCUT2D eigenvalue weighted by molar-refractivity contribution is -0.126. The molecule has 4 aromatic rings. The molecule has 1 saturated heterocycles. The average molecular weight is 552 g/mol. The summed E-state index contributed by atoms with van der Waals surface area (Å²) in [6.07, 6.45) is 3.09. The summed E-state index contributed by atoms with van der Waals surface area (Å²) in [5, 5.41) is 0.676. The van der Waals surface area contributed by atoms with Gasteiger partial charge in [0.05, 0.1) is 16.8 Å². The summed E-state index contributed by atoms with van der Waals surface area (Å²) in [5.74, 6) is 1.03. The van der Waals surface area contributed by atoms with Crippen molar-refractivity contribution in [3.63, 3.8) is 0 Å². The van der Waals surface area contributed by atoms with E-state index in [0.717, 1.165) is 22.4 Å². The van der Waals surface area contributed by atoms with Gasteiger partial charge in [-0.25, -0.2) is 14.3 Å². The molecule has 0 unspecified atom stereocenters. The Balaban J connectivity index is 1.65. The van der Waals surface area contributed by atoms with Gasteiger partial charge in [0.2, 0.25) is 5.91 Å². The molecule has 2 aliphatic rings. The monoisotopic (exact) mass is 551 g/mol. The van der Waals surface area contributed by atoms with Crippen molar-refractivity contribution >= 4 is 28.4 Å². The number of aromatic nitrogens is 4. The van der Waals surface area contributed by atoms with Crippen molar-refractivity contribution in [2.24, 2.45) is 0 Å². The van der Waals surface area contributed by atoms with Crippen LogP contribution in [-0.4, -0.2) is 56.0 Å². The molecule has 10 heteroatoms. The van der Waals surface area contributed by atoms with Crippen molar-refractivity contribution in [3.8, 4) is 22.7 Å². The molecule has 1 fully saturated rings. The zero-order valence-corrected chi connectivity index (χ0v) is 23.7. The third-order valence-corrected chi connectivity index (χ3v) is 7.93. The second-order valence-corrected chi connectivity index (χ2v) is 11.0. The number of carbonyl (C=O) groups excluding carboxylic acids is 1. The van der Waals surface area contributed by atoms with E-state index >= 15 is 0 Å². The van der Waals surface area contributed by atoms with Crippen molar-refractivity contribution in [2.45, 2.75) is 46.3 Å². The molecule has 5 heterocycles. The molecule has 10 nitrogen and oxygen atoms in total. The zero-order valence-electron chi connectivity index (χ0n) is 23.7. The molecule has 6 rings (SSSR count). The van der Waals surface area contributed by atoms with E-state index in [1.165, 1.54) is 6.08 Å². The number of ether oxygens (including phenoxy) is 1. The molecule has 0 aliphatic carbocycles. The Hall–Kier alpha value is -4.73. The summed E-state index contributed by atoms with van der Waals surface area (Å²) >= 11 is 0. The first-order valence-electron chi connectivity index (χ1n) is 13.8. The predicted octanol–water partition coefficient (Wildman–Crippen LogP) is 3.97. The van der Waals surface area contributed by atoms with Crippen LogP contribution < -0.4 is 21.1 Å². The molecule has 210 valence electrons. The SMILES string of the molecule is C=CC(=O)N1CCN(c2nc(=O)n(-c3c(C)ccnc3C(C)C)c3nc4c(cc23)OCc2cccc(N)c2-4)[C@@H](C)C1. The highest BCUT2D eigenvalue weighted by molar-refractivity contribution is 5.95. The highest BCUT2D eigenvalue weighted by atomic mass is 16.5. The number of carbonyl (C=O) groups is 1. The van der Waals surface area contributed by atoms with Crippen LogP contribution in [0.15, 0.2) is 54.0 Å². The molecule has 2 N–H and O–H groups in total. The molecule has 2 aliphatic heterocycles. The number of nitrogens with two attached hydrogens (primary N) is 1. The number of pyridine rings is 2. The number of benzene rings is 1. The summed E-state index contributed by atoms with van der Waals surface area (Å²) in [4.78, 5) is 44.6. The van der Waals surface area contributed by atoms with E-state index in [4.69, 9.17) is 15.5 Å². The second kappa shape index (κ2) is 10.0. The number of aryl methyl sites for hydroxylation is 1. The van der Waals surface area contributed by atoms with Gasteiger partial charge in [-0.3, -0.25) is 9.78 Å².